The second kappa shape index (κ2) is 6.77. The molecule has 0 radical (unpaired) electrons. The maximum absolute atomic E-state index is 12.9. The van der Waals surface area contributed by atoms with Gasteiger partial charge < -0.3 is 19.7 Å². The Labute approximate surface area is 168 Å². The number of nitrogens with zero attached hydrogens (tertiary/aromatic N) is 3. The monoisotopic (exact) mass is 388 g/mol. The average molecular weight is 388 g/mol. The van der Waals surface area contributed by atoms with Gasteiger partial charge in [0, 0.05) is 29.5 Å². The van der Waals surface area contributed by atoms with Crippen LogP contribution in [-0.4, -0.2) is 28.7 Å². The standard InChI is InChI=1S/C22H20N4O3/c1-13-9-15-5-3-4-6-18(15)26(13)21-11-17(23-14(2)24-21)22(27)25-16-7-8-19-20(10-16)29-12-28-19/h3-8,10-11,13H,9,12H2,1-2H3,(H,25,27). The maximum Gasteiger partial charge on any atom is 0.274 e. The molecule has 3 aromatic rings. The van der Waals surface area contributed by atoms with Crippen molar-refractivity contribution in [2.45, 2.75) is 26.3 Å². The SMILES string of the molecule is Cc1nc(C(=O)Nc2ccc3c(c2)OCO3)cc(N2c3ccccc3CC2C)n1. The molecule has 1 N–H and O–H groups in total. The predicted molar refractivity (Wildman–Crippen MR) is 109 cm³/mol. The molecule has 1 aromatic heterocycles. The summed E-state index contributed by atoms with van der Waals surface area (Å²) >= 11 is 0. The van der Waals surface area contributed by atoms with Crippen molar-refractivity contribution in [1.82, 2.24) is 9.97 Å². The Hall–Kier alpha value is -3.61. The first-order chi connectivity index (χ1) is 14.1. The zero-order chi connectivity index (χ0) is 20.0. The van der Waals surface area contributed by atoms with E-state index in [-0.39, 0.29) is 18.7 Å². The van der Waals surface area contributed by atoms with E-state index in [1.54, 1.807) is 31.2 Å². The van der Waals surface area contributed by atoms with Crippen LogP contribution < -0.4 is 19.7 Å². The molecular formula is C22H20N4O3. The normalized spacial score (nSPS) is 16.6. The number of anilines is 3. The fraction of sp³-hybridized carbons (Fsp3) is 0.227. The zero-order valence-corrected chi connectivity index (χ0v) is 16.2. The number of aromatic nitrogens is 2. The quantitative estimate of drug-likeness (QED) is 0.734. The Morgan fingerprint density at radius 1 is 1.10 bits per heavy atom. The van der Waals surface area contributed by atoms with E-state index in [2.05, 4.69) is 39.2 Å². The lowest BCUT2D eigenvalue weighted by molar-refractivity contribution is 0.102. The molecular weight excluding hydrogens is 368 g/mol. The van der Waals surface area contributed by atoms with Gasteiger partial charge >= 0.3 is 0 Å². The number of aryl methyl sites for hydroxylation is 1. The Kier molecular flexibility index (Phi) is 4.08. The van der Waals surface area contributed by atoms with Crippen LogP contribution in [0, 0.1) is 6.92 Å². The van der Waals surface area contributed by atoms with Gasteiger partial charge in [-0.3, -0.25) is 4.79 Å². The number of nitrogens with one attached hydrogen (secondary N) is 1. The largest absolute Gasteiger partial charge is 0.454 e. The Bertz CT molecular complexity index is 1110. The van der Waals surface area contributed by atoms with Gasteiger partial charge in [0.2, 0.25) is 6.79 Å². The van der Waals surface area contributed by atoms with Crippen molar-refractivity contribution in [2.75, 3.05) is 17.0 Å². The van der Waals surface area contributed by atoms with Gasteiger partial charge in [0.1, 0.15) is 17.3 Å². The van der Waals surface area contributed by atoms with Gasteiger partial charge in [-0.2, -0.15) is 0 Å². The van der Waals surface area contributed by atoms with Crippen LogP contribution in [0.3, 0.4) is 0 Å². The minimum atomic E-state index is -0.296. The highest BCUT2D eigenvalue weighted by Crippen LogP contribution is 2.37. The van der Waals surface area contributed by atoms with Crippen molar-refractivity contribution in [1.29, 1.82) is 0 Å². The Morgan fingerprint density at radius 2 is 1.93 bits per heavy atom. The van der Waals surface area contributed by atoms with Crippen LogP contribution in [0.5, 0.6) is 11.5 Å². The van der Waals surface area contributed by atoms with Crippen LogP contribution in [0.15, 0.2) is 48.5 Å². The molecule has 1 amide bonds. The number of para-hydroxylation sites is 1. The minimum absolute atomic E-state index is 0.191. The number of amides is 1. The van der Waals surface area contributed by atoms with Crippen LogP contribution in [0.4, 0.5) is 17.2 Å². The summed E-state index contributed by atoms with van der Waals surface area (Å²) in [5, 5.41) is 2.88. The van der Waals surface area contributed by atoms with Gasteiger partial charge in [-0.05, 0) is 44.0 Å². The van der Waals surface area contributed by atoms with Gasteiger partial charge in [-0.25, -0.2) is 9.97 Å². The second-order valence-electron chi connectivity index (χ2n) is 7.23. The number of carbonyl (C=O) groups is 1. The average Bonchev–Trinajstić information content (AvgIpc) is 3.30. The summed E-state index contributed by atoms with van der Waals surface area (Å²) in [4.78, 5) is 24.0. The molecule has 0 bridgehead atoms. The highest BCUT2D eigenvalue weighted by Gasteiger charge is 2.28. The minimum Gasteiger partial charge on any atom is -0.454 e. The third-order valence-electron chi connectivity index (χ3n) is 5.14. The summed E-state index contributed by atoms with van der Waals surface area (Å²) in [5.74, 6) is 2.27. The first-order valence-electron chi connectivity index (χ1n) is 9.52. The van der Waals surface area contributed by atoms with Gasteiger partial charge in [0.15, 0.2) is 11.5 Å². The van der Waals surface area contributed by atoms with Crippen molar-refractivity contribution >= 4 is 23.1 Å². The van der Waals surface area contributed by atoms with Gasteiger partial charge in [0.25, 0.3) is 5.91 Å². The van der Waals surface area contributed by atoms with E-state index in [4.69, 9.17) is 9.47 Å². The topological polar surface area (TPSA) is 76.6 Å². The molecule has 2 aliphatic rings. The van der Waals surface area contributed by atoms with Crippen LogP contribution in [0.1, 0.15) is 28.8 Å². The van der Waals surface area contributed by atoms with Crippen LogP contribution >= 0.6 is 0 Å². The van der Waals surface area contributed by atoms with E-state index < -0.39 is 0 Å². The van der Waals surface area contributed by atoms with E-state index in [1.165, 1.54) is 5.56 Å². The Morgan fingerprint density at radius 3 is 2.83 bits per heavy atom. The highest BCUT2D eigenvalue weighted by atomic mass is 16.7. The molecule has 0 spiro atoms. The summed E-state index contributed by atoms with van der Waals surface area (Å²) in [5.41, 5.74) is 3.35. The zero-order valence-electron chi connectivity index (χ0n) is 16.2. The van der Waals surface area contributed by atoms with E-state index >= 15 is 0 Å². The first-order valence-corrected chi connectivity index (χ1v) is 9.52. The predicted octanol–water partition coefficient (Wildman–Crippen LogP) is 3.85. The van der Waals surface area contributed by atoms with E-state index in [0.717, 1.165) is 17.9 Å². The number of ether oxygens (including phenoxy) is 2. The van der Waals surface area contributed by atoms with E-state index in [9.17, 15) is 4.79 Å². The number of hydrogen-bond donors (Lipinski definition) is 1. The second-order valence-corrected chi connectivity index (χ2v) is 7.23. The van der Waals surface area contributed by atoms with Crippen molar-refractivity contribution in [3.63, 3.8) is 0 Å². The van der Waals surface area contributed by atoms with Crippen LogP contribution in [0.25, 0.3) is 0 Å². The summed E-state index contributed by atoms with van der Waals surface area (Å²) in [6.07, 6.45) is 0.942. The third-order valence-corrected chi connectivity index (χ3v) is 5.14. The molecule has 0 saturated heterocycles. The fourth-order valence-corrected chi connectivity index (χ4v) is 3.88. The molecule has 0 fully saturated rings. The third kappa shape index (κ3) is 3.14. The number of hydrogen-bond acceptors (Lipinski definition) is 6. The Balaban J connectivity index is 1.45. The van der Waals surface area contributed by atoms with Crippen molar-refractivity contribution in [2.24, 2.45) is 0 Å². The molecule has 7 heteroatoms. The molecule has 7 nitrogen and oxygen atoms in total. The van der Waals surface area contributed by atoms with Crippen molar-refractivity contribution in [3.8, 4) is 11.5 Å². The summed E-state index contributed by atoms with van der Waals surface area (Å²) < 4.78 is 10.7. The van der Waals surface area contributed by atoms with Crippen LogP contribution in [0.2, 0.25) is 0 Å². The summed E-state index contributed by atoms with van der Waals surface area (Å²) in [6, 6.07) is 15.6. The van der Waals surface area contributed by atoms with Gasteiger partial charge in [-0.1, -0.05) is 18.2 Å². The first kappa shape index (κ1) is 17.5. The lowest BCUT2D eigenvalue weighted by Crippen LogP contribution is -2.26. The molecule has 0 aliphatic carbocycles. The van der Waals surface area contributed by atoms with Gasteiger partial charge in [-0.15, -0.1) is 0 Å². The molecule has 5 rings (SSSR count). The molecule has 3 heterocycles. The smallest absolute Gasteiger partial charge is 0.274 e. The molecule has 2 aromatic carbocycles. The van der Waals surface area contributed by atoms with Gasteiger partial charge in [0.05, 0.1) is 0 Å². The van der Waals surface area contributed by atoms with E-state index in [1.807, 2.05) is 12.1 Å². The molecule has 1 unspecified atom stereocenters. The lowest BCUT2D eigenvalue weighted by atomic mass is 10.1. The molecule has 146 valence electrons. The number of carbonyl (C=O) groups excluding carboxylic acids is 1. The van der Waals surface area contributed by atoms with Crippen molar-refractivity contribution in [3.05, 3.63) is 65.6 Å². The molecule has 29 heavy (non-hydrogen) atoms. The lowest BCUT2D eigenvalue weighted by Gasteiger charge is -2.24. The van der Waals surface area contributed by atoms with E-state index in [0.29, 0.717) is 28.7 Å². The maximum atomic E-state index is 12.9. The summed E-state index contributed by atoms with van der Waals surface area (Å²) in [7, 11) is 0. The van der Waals surface area contributed by atoms with Crippen LogP contribution in [-0.2, 0) is 6.42 Å². The fourth-order valence-electron chi connectivity index (χ4n) is 3.88. The van der Waals surface area contributed by atoms with Crippen molar-refractivity contribution < 1.29 is 14.3 Å². The number of fused-ring (bicyclic) bond motifs is 2. The summed E-state index contributed by atoms with van der Waals surface area (Å²) in [6.45, 7) is 4.15. The molecule has 0 saturated carbocycles. The molecule has 1 atom stereocenters. The number of rotatable bonds is 3. The molecule has 2 aliphatic heterocycles. The highest BCUT2D eigenvalue weighted by molar-refractivity contribution is 6.03. The number of benzene rings is 2.